The Morgan fingerprint density at radius 1 is 1.17 bits per heavy atom. The number of hydrogen-bond acceptors (Lipinski definition) is 3. The number of nitrogen functional groups attached to an aromatic ring is 1. The van der Waals surface area contributed by atoms with E-state index in [9.17, 15) is 9.50 Å². The molecule has 1 aromatic heterocycles. The second-order valence-corrected chi connectivity index (χ2v) is 4.57. The van der Waals surface area contributed by atoms with Crippen LogP contribution in [0.5, 0.6) is 0 Å². The van der Waals surface area contributed by atoms with Crippen molar-refractivity contribution >= 4 is 29.0 Å². The summed E-state index contributed by atoms with van der Waals surface area (Å²) in [5.41, 5.74) is 5.90. The van der Waals surface area contributed by atoms with Crippen molar-refractivity contribution in [2.24, 2.45) is 0 Å². The van der Waals surface area contributed by atoms with E-state index in [0.29, 0.717) is 10.0 Å². The Labute approximate surface area is 113 Å². The highest BCUT2D eigenvalue weighted by molar-refractivity contribution is 6.31. The summed E-state index contributed by atoms with van der Waals surface area (Å²) in [7, 11) is 0. The third-order valence-corrected chi connectivity index (χ3v) is 2.91. The summed E-state index contributed by atoms with van der Waals surface area (Å²) in [6.07, 6.45) is 0.0800. The Balaban J connectivity index is 2.50. The smallest absolute Gasteiger partial charge is 0.129 e. The van der Waals surface area contributed by atoms with Crippen LogP contribution in [0.15, 0.2) is 30.5 Å². The molecule has 3 nitrogen and oxygen atoms in total. The topological polar surface area (TPSA) is 59.1 Å². The summed E-state index contributed by atoms with van der Waals surface area (Å²) < 4.78 is 13.6. The number of benzene rings is 1. The normalized spacial score (nSPS) is 12.4. The number of aromatic nitrogens is 1. The van der Waals surface area contributed by atoms with E-state index in [1.54, 1.807) is 0 Å². The molecule has 3 N–H and O–H groups in total. The van der Waals surface area contributed by atoms with Crippen molar-refractivity contribution in [3.63, 3.8) is 0 Å². The van der Waals surface area contributed by atoms with Gasteiger partial charge in [-0.25, -0.2) is 9.37 Å². The number of aliphatic hydroxyl groups excluding tert-OH is 1. The molecule has 1 heterocycles. The number of rotatable bonds is 2. The molecule has 1 unspecified atom stereocenters. The van der Waals surface area contributed by atoms with Gasteiger partial charge in [0.2, 0.25) is 0 Å². The summed E-state index contributed by atoms with van der Waals surface area (Å²) in [5, 5.41) is 10.7. The molecule has 1 aromatic carbocycles. The average Bonchev–Trinajstić information content (AvgIpc) is 2.34. The first-order chi connectivity index (χ1) is 8.49. The minimum absolute atomic E-state index is 0.0262. The summed E-state index contributed by atoms with van der Waals surface area (Å²) >= 11 is 11.5. The van der Waals surface area contributed by atoms with Crippen molar-refractivity contribution in [2.75, 3.05) is 5.73 Å². The number of nitrogens with two attached hydrogens (primary N) is 1. The summed E-state index contributed by atoms with van der Waals surface area (Å²) in [6.45, 7) is 0. The van der Waals surface area contributed by atoms with E-state index in [1.807, 2.05) is 0 Å². The van der Waals surface area contributed by atoms with Crippen LogP contribution in [0.25, 0.3) is 0 Å². The van der Waals surface area contributed by atoms with Crippen LogP contribution in [0.4, 0.5) is 10.2 Å². The second kappa shape index (κ2) is 5.10. The predicted octanol–water partition coefficient (Wildman–Crippen LogP) is 3.19. The first-order valence-electron chi connectivity index (χ1n) is 5.03. The predicted molar refractivity (Wildman–Crippen MR) is 69.1 cm³/mol. The lowest BCUT2D eigenvalue weighted by molar-refractivity contribution is 0.215. The molecule has 6 heteroatoms. The van der Waals surface area contributed by atoms with Crippen LogP contribution in [0.1, 0.15) is 17.2 Å². The maximum absolute atomic E-state index is 13.6. The molecule has 18 heavy (non-hydrogen) atoms. The Morgan fingerprint density at radius 3 is 2.56 bits per heavy atom. The van der Waals surface area contributed by atoms with Crippen LogP contribution in [-0.2, 0) is 0 Å². The van der Waals surface area contributed by atoms with Gasteiger partial charge in [0.1, 0.15) is 17.7 Å². The summed E-state index contributed by atoms with van der Waals surface area (Å²) in [5.74, 6) is -0.488. The van der Waals surface area contributed by atoms with Crippen LogP contribution >= 0.6 is 23.2 Å². The zero-order valence-electron chi connectivity index (χ0n) is 9.07. The van der Waals surface area contributed by atoms with Crippen molar-refractivity contribution < 1.29 is 9.50 Å². The number of halogens is 3. The molecular weight excluding hydrogens is 278 g/mol. The van der Waals surface area contributed by atoms with Gasteiger partial charge in [-0.05, 0) is 24.3 Å². The summed E-state index contributed by atoms with van der Waals surface area (Å²) in [6, 6.07) is 5.35. The molecule has 0 saturated carbocycles. The third kappa shape index (κ3) is 2.56. The molecule has 0 aliphatic heterocycles. The molecule has 0 bridgehead atoms. The lowest BCUT2D eigenvalue weighted by Crippen LogP contribution is -2.07. The van der Waals surface area contributed by atoms with E-state index >= 15 is 0 Å². The van der Waals surface area contributed by atoms with Crippen molar-refractivity contribution in [2.45, 2.75) is 6.10 Å². The molecule has 0 amide bonds. The van der Waals surface area contributed by atoms with Gasteiger partial charge in [0, 0.05) is 22.3 Å². The molecule has 0 spiro atoms. The first-order valence-corrected chi connectivity index (χ1v) is 5.78. The van der Waals surface area contributed by atoms with E-state index in [2.05, 4.69) is 4.98 Å². The van der Waals surface area contributed by atoms with Crippen molar-refractivity contribution in [3.05, 3.63) is 57.5 Å². The molecule has 1 atom stereocenters. The van der Waals surface area contributed by atoms with Gasteiger partial charge in [0.05, 0.1) is 5.02 Å². The first kappa shape index (κ1) is 13.1. The van der Waals surface area contributed by atoms with Crippen molar-refractivity contribution in [3.8, 4) is 0 Å². The lowest BCUT2D eigenvalue weighted by Gasteiger charge is -2.14. The van der Waals surface area contributed by atoms with Crippen LogP contribution in [0.3, 0.4) is 0 Å². The lowest BCUT2D eigenvalue weighted by atomic mass is 10.0. The SMILES string of the molecule is Nc1ncc(Cl)cc1C(O)c1cc(Cl)ccc1F. The van der Waals surface area contributed by atoms with Crippen LogP contribution in [-0.4, -0.2) is 10.1 Å². The average molecular weight is 287 g/mol. The van der Waals surface area contributed by atoms with E-state index in [1.165, 1.54) is 30.5 Å². The maximum atomic E-state index is 13.6. The zero-order chi connectivity index (χ0) is 13.3. The third-order valence-electron chi connectivity index (χ3n) is 2.46. The van der Waals surface area contributed by atoms with Crippen molar-refractivity contribution in [1.82, 2.24) is 4.98 Å². The number of hydrogen-bond donors (Lipinski definition) is 2. The number of anilines is 1. The fourth-order valence-corrected chi connectivity index (χ4v) is 1.92. The highest BCUT2D eigenvalue weighted by Crippen LogP contribution is 2.30. The molecule has 0 saturated heterocycles. The highest BCUT2D eigenvalue weighted by Gasteiger charge is 2.19. The largest absolute Gasteiger partial charge is 0.383 e. The quantitative estimate of drug-likeness (QED) is 0.891. The summed E-state index contributed by atoms with van der Waals surface area (Å²) in [4.78, 5) is 3.81. The Hall–Kier alpha value is -1.36. The molecule has 0 aliphatic rings. The van der Waals surface area contributed by atoms with Crippen LogP contribution in [0.2, 0.25) is 10.0 Å². The van der Waals surface area contributed by atoms with E-state index < -0.39 is 11.9 Å². The van der Waals surface area contributed by atoms with Gasteiger partial charge in [-0.15, -0.1) is 0 Å². The van der Waals surface area contributed by atoms with Gasteiger partial charge in [-0.3, -0.25) is 0 Å². The van der Waals surface area contributed by atoms with Crippen molar-refractivity contribution in [1.29, 1.82) is 0 Å². The minimum atomic E-state index is -1.27. The number of nitrogens with zero attached hydrogens (tertiary/aromatic N) is 1. The van der Waals surface area contributed by atoms with E-state index in [0.717, 1.165) is 0 Å². The standard InChI is InChI=1S/C12H9Cl2FN2O/c13-6-1-2-10(15)8(3-6)11(18)9-4-7(14)5-17-12(9)16/h1-5,11,18H,(H2,16,17). The number of pyridine rings is 1. The molecule has 2 rings (SSSR count). The monoisotopic (exact) mass is 286 g/mol. The minimum Gasteiger partial charge on any atom is -0.383 e. The van der Waals surface area contributed by atoms with Gasteiger partial charge >= 0.3 is 0 Å². The molecule has 2 aromatic rings. The van der Waals surface area contributed by atoms with Gasteiger partial charge in [0.15, 0.2) is 0 Å². The molecule has 0 radical (unpaired) electrons. The van der Waals surface area contributed by atoms with Gasteiger partial charge in [-0.2, -0.15) is 0 Å². The van der Waals surface area contributed by atoms with Crippen LogP contribution in [0, 0.1) is 5.82 Å². The van der Waals surface area contributed by atoms with Gasteiger partial charge < -0.3 is 10.8 Å². The Bertz CT molecular complexity index is 541. The fourth-order valence-electron chi connectivity index (χ4n) is 1.58. The Morgan fingerprint density at radius 2 is 1.83 bits per heavy atom. The number of aliphatic hydroxyl groups is 1. The molecule has 0 aliphatic carbocycles. The Kier molecular flexibility index (Phi) is 3.71. The van der Waals surface area contributed by atoms with Crippen LogP contribution < -0.4 is 5.73 Å². The fraction of sp³-hybridized carbons (Fsp3) is 0.0833. The molecular formula is C12H9Cl2FN2O. The van der Waals surface area contributed by atoms with Gasteiger partial charge in [-0.1, -0.05) is 23.2 Å². The molecule has 94 valence electrons. The van der Waals surface area contributed by atoms with E-state index in [-0.39, 0.29) is 16.9 Å². The highest BCUT2D eigenvalue weighted by atomic mass is 35.5. The zero-order valence-corrected chi connectivity index (χ0v) is 10.6. The van der Waals surface area contributed by atoms with E-state index in [4.69, 9.17) is 28.9 Å². The maximum Gasteiger partial charge on any atom is 0.129 e. The second-order valence-electron chi connectivity index (χ2n) is 3.70. The van der Waals surface area contributed by atoms with Gasteiger partial charge in [0.25, 0.3) is 0 Å². The molecule has 0 fully saturated rings.